The van der Waals surface area contributed by atoms with Gasteiger partial charge in [-0.3, -0.25) is 0 Å². The van der Waals surface area contributed by atoms with Gasteiger partial charge in [0.1, 0.15) is 5.82 Å². The molecule has 0 amide bonds. The molecular formula is C24H23AsFN4O2. The second kappa shape index (κ2) is 8.55. The minimum atomic E-state index is -0.468. The summed E-state index contributed by atoms with van der Waals surface area (Å²) in [4.78, 5) is 34.3. The summed E-state index contributed by atoms with van der Waals surface area (Å²) in [6.45, 7) is 0.409. The molecule has 1 saturated carbocycles. The number of fused-ring (bicyclic) bond motifs is 1. The molecule has 8 heteroatoms. The van der Waals surface area contributed by atoms with E-state index < -0.39 is 17.1 Å². The summed E-state index contributed by atoms with van der Waals surface area (Å²) < 4.78 is 18.3. The van der Waals surface area contributed by atoms with Gasteiger partial charge in [0.2, 0.25) is 0 Å². The van der Waals surface area contributed by atoms with Gasteiger partial charge in [-0.2, -0.15) is 0 Å². The predicted octanol–water partition coefficient (Wildman–Crippen LogP) is 2.45. The molecule has 1 fully saturated rings. The molecule has 32 heavy (non-hydrogen) atoms. The number of rotatable bonds is 7. The van der Waals surface area contributed by atoms with E-state index in [1.807, 2.05) is 0 Å². The monoisotopic (exact) mass is 493 g/mol. The number of imidazole rings is 1. The molecule has 5 rings (SSSR count). The summed E-state index contributed by atoms with van der Waals surface area (Å²) in [5.41, 5.74) is 3.38. The van der Waals surface area contributed by atoms with Gasteiger partial charge in [-0.1, -0.05) is 18.2 Å². The van der Waals surface area contributed by atoms with E-state index in [1.54, 1.807) is 22.8 Å². The number of aromatic amines is 1. The van der Waals surface area contributed by atoms with Gasteiger partial charge >= 0.3 is 156 Å². The van der Waals surface area contributed by atoms with Crippen molar-refractivity contribution in [2.45, 2.75) is 38.1 Å². The van der Waals surface area contributed by atoms with Crippen molar-refractivity contribution in [3.05, 3.63) is 92.1 Å². The predicted molar refractivity (Wildman–Crippen MR) is 123 cm³/mol. The summed E-state index contributed by atoms with van der Waals surface area (Å²) in [5.74, 6) is 0.623. The Morgan fingerprint density at radius 3 is 2.53 bits per heavy atom. The molecular weight excluding hydrogens is 470 g/mol. The second-order valence-electron chi connectivity index (χ2n) is 8.27. The van der Waals surface area contributed by atoms with Crippen LogP contribution in [-0.2, 0) is 19.5 Å². The number of halogens is 1. The van der Waals surface area contributed by atoms with Crippen molar-refractivity contribution in [1.29, 1.82) is 0 Å². The van der Waals surface area contributed by atoms with Crippen LogP contribution in [0.15, 0.2) is 58.1 Å². The normalized spacial score (nSPS) is 14.1. The van der Waals surface area contributed by atoms with E-state index in [0.717, 1.165) is 23.0 Å². The fraction of sp³-hybridized carbons (Fsp3) is 0.292. The number of hydrogen-bond acceptors (Lipinski definition) is 3. The average molecular weight is 493 g/mol. The fourth-order valence-electron chi connectivity index (χ4n) is 3.91. The second-order valence-corrected chi connectivity index (χ2v) is 10.3. The Balaban J connectivity index is 1.59. The molecule has 4 aromatic rings. The van der Waals surface area contributed by atoms with Crippen LogP contribution in [0.1, 0.15) is 29.8 Å². The fourth-order valence-corrected chi connectivity index (χ4v) is 4.85. The van der Waals surface area contributed by atoms with Crippen molar-refractivity contribution in [2.24, 2.45) is 5.92 Å². The van der Waals surface area contributed by atoms with Gasteiger partial charge in [-0.25, -0.2) is 4.39 Å². The van der Waals surface area contributed by atoms with Crippen molar-refractivity contribution in [1.82, 2.24) is 19.1 Å². The molecule has 2 aromatic carbocycles. The van der Waals surface area contributed by atoms with Gasteiger partial charge in [-0.05, 0) is 6.07 Å². The number of aromatic nitrogens is 4. The van der Waals surface area contributed by atoms with Gasteiger partial charge in [-0.15, -0.1) is 0 Å². The Kier molecular flexibility index (Phi) is 5.60. The van der Waals surface area contributed by atoms with Crippen LogP contribution >= 0.6 is 0 Å². The summed E-state index contributed by atoms with van der Waals surface area (Å²) >= 11 is 0.181. The first-order valence-corrected chi connectivity index (χ1v) is 13.5. The van der Waals surface area contributed by atoms with Crippen molar-refractivity contribution >= 4 is 31.3 Å². The number of H-pyrrole nitrogens is 1. The molecule has 1 aliphatic rings. The third-order valence-electron chi connectivity index (χ3n) is 5.90. The van der Waals surface area contributed by atoms with E-state index in [4.69, 9.17) is 0 Å². The molecule has 2 heterocycles. The first-order valence-electron chi connectivity index (χ1n) is 10.7. The van der Waals surface area contributed by atoms with Crippen LogP contribution in [-0.4, -0.2) is 34.9 Å². The SMILES string of the molecule is C[As]c1ccc(Cc2nc3c([nH]2)c(=O)n(Cc2ccccc2F)c(=O)n3CC2CC2)cc1. The molecule has 1 radical (unpaired) electrons. The zero-order valence-electron chi connectivity index (χ0n) is 17.7. The number of nitrogens with zero attached hydrogens (tertiary/aromatic N) is 3. The molecule has 1 aliphatic carbocycles. The summed E-state index contributed by atoms with van der Waals surface area (Å²) in [6, 6.07) is 14.6. The van der Waals surface area contributed by atoms with Crippen LogP contribution in [0, 0.1) is 11.7 Å². The van der Waals surface area contributed by atoms with Crippen LogP contribution in [0.25, 0.3) is 11.2 Å². The third-order valence-corrected chi connectivity index (χ3v) is 7.61. The summed E-state index contributed by atoms with van der Waals surface area (Å²) in [6.07, 6.45) is 2.66. The van der Waals surface area contributed by atoms with Crippen molar-refractivity contribution in [3.8, 4) is 0 Å². The first-order chi connectivity index (χ1) is 15.5. The third kappa shape index (κ3) is 4.09. The van der Waals surface area contributed by atoms with Crippen LogP contribution in [0.4, 0.5) is 4.39 Å². The van der Waals surface area contributed by atoms with E-state index in [0.29, 0.717) is 41.4 Å². The topological polar surface area (TPSA) is 72.7 Å². The molecule has 163 valence electrons. The average Bonchev–Trinajstić information content (AvgIpc) is 3.53. The molecule has 0 aliphatic heterocycles. The Labute approximate surface area is 190 Å². The molecule has 0 saturated heterocycles. The van der Waals surface area contributed by atoms with Gasteiger partial charge < -0.3 is 0 Å². The first kappa shape index (κ1) is 21.0. The van der Waals surface area contributed by atoms with Gasteiger partial charge in [0.05, 0.1) is 0 Å². The van der Waals surface area contributed by atoms with Crippen LogP contribution in [0.2, 0.25) is 5.71 Å². The zero-order valence-corrected chi connectivity index (χ0v) is 19.6. The maximum atomic E-state index is 14.2. The molecule has 6 nitrogen and oxygen atoms in total. The minimum absolute atomic E-state index is 0.111. The molecule has 2 aromatic heterocycles. The van der Waals surface area contributed by atoms with Gasteiger partial charge in [0.25, 0.3) is 0 Å². The van der Waals surface area contributed by atoms with E-state index >= 15 is 0 Å². The Morgan fingerprint density at radius 1 is 1.09 bits per heavy atom. The molecule has 0 atom stereocenters. The number of benzene rings is 2. The van der Waals surface area contributed by atoms with Gasteiger partial charge in [0.15, 0.2) is 0 Å². The van der Waals surface area contributed by atoms with Gasteiger partial charge in [0, 0.05) is 0 Å². The van der Waals surface area contributed by atoms with Crippen molar-refractivity contribution in [2.75, 3.05) is 0 Å². The summed E-state index contributed by atoms with van der Waals surface area (Å²) in [7, 11) is 0. The molecule has 0 spiro atoms. The molecule has 1 N–H and O–H groups in total. The number of nitrogens with one attached hydrogen (secondary N) is 1. The van der Waals surface area contributed by atoms with Crippen LogP contribution in [0.3, 0.4) is 0 Å². The van der Waals surface area contributed by atoms with E-state index in [9.17, 15) is 14.0 Å². The van der Waals surface area contributed by atoms with E-state index in [-0.39, 0.29) is 22.3 Å². The standard InChI is InChI=1S/C24H23AsFN4O2/c1-25-18-10-8-15(9-11-18)12-20-27-21-22(28-20)29(13-16-6-7-16)24(32)30(23(21)31)14-17-4-2-3-5-19(17)26/h2-5,8-11,16H,6-7,12-14H2,1H3,(H,27,28). The van der Waals surface area contributed by atoms with Crippen molar-refractivity contribution in [3.63, 3.8) is 0 Å². The van der Waals surface area contributed by atoms with E-state index in [2.05, 4.69) is 39.9 Å². The maximum absolute atomic E-state index is 14.2. The van der Waals surface area contributed by atoms with Crippen molar-refractivity contribution < 1.29 is 4.39 Å². The number of hydrogen-bond donors (Lipinski definition) is 1. The Morgan fingerprint density at radius 2 is 1.84 bits per heavy atom. The zero-order chi connectivity index (χ0) is 22.2. The molecule has 0 bridgehead atoms. The Hall–Kier alpha value is -2.92. The van der Waals surface area contributed by atoms with E-state index in [1.165, 1.54) is 10.4 Å². The summed E-state index contributed by atoms with van der Waals surface area (Å²) in [5, 5.41) is 0. The Bertz CT molecular complexity index is 1400. The molecule has 0 unspecified atom stereocenters. The van der Waals surface area contributed by atoms with Crippen LogP contribution in [0.5, 0.6) is 0 Å². The van der Waals surface area contributed by atoms with Crippen LogP contribution < -0.4 is 15.6 Å². The quantitative estimate of drug-likeness (QED) is 0.402.